The molecule has 1 aliphatic heterocycles. The van der Waals surface area contributed by atoms with Crippen LogP contribution < -0.4 is 5.32 Å². The molecule has 28 heavy (non-hydrogen) atoms. The lowest BCUT2D eigenvalue weighted by atomic mass is 9.97. The van der Waals surface area contributed by atoms with Gasteiger partial charge in [-0.1, -0.05) is 47.1 Å². The van der Waals surface area contributed by atoms with Gasteiger partial charge in [0.25, 0.3) is 0 Å². The summed E-state index contributed by atoms with van der Waals surface area (Å²) >= 11 is 6.21. The van der Waals surface area contributed by atoms with Crippen LogP contribution in [0.15, 0.2) is 59.1 Å². The van der Waals surface area contributed by atoms with Gasteiger partial charge < -0.3 is 9.84 Å². The van der Waals surface area contributed by atoms with E-state index in [0.29, 0.717) is 23.3 Å². The molecular formula is C21H21ClN4O2. The van der Waals surface area contributed by atoms with Crippen LogP contribution in [0, 0.1) is 0 Å². The monoisotopic (exact) mass is 396 g/mol. The van der Waals surface area contributed by atoms with Gasteiger partial charge in [0.2, 0.25) is 17.6 Å². The number of para-hydroxylation sites is 1. The zero-order valence-electron chi connectivity index (χ0n) is 15.3. The summed E-state index contributed by atoms with van der Waals surface area (Å²) in [5.74, 6) is 1.37. The minimum atomic E-state index is 0.00319. The number of nitrogens with one attached hydrogen (secondary N) is 1. The topological polar surface area (TPSA) is 71.3 Å². The SMILES string of the molecule is O=C(CN1CCC(c2nc(-c3ccccc3Cl)no2)CC1)Nc1ccccc1. The van der Waals surface area contributed by atoms with E-state index in [1.807, 2.05) is 54.6 Å². The highest BCUT2D eigenvalue weighted by Crippen LogP contribution is 2.30. The van der Waals surface area contributed by atoms with Gasteiger partial charge in [-0.25, -0.2) is 0 Å². The molecule has 0 spiro atoms. The van der Waals surface area contributed by atoms with Crippen molar-refractivity contribution in [3.05, 3.63) is 65.5 Å². The molecule has 7 heteroatoms. The number of nitrogens with zero attached hydrogens (tertiary/aromatic N) is 3. The van der Waals surface area contributed by atoms with Crippen LogP contribution in [0.5, 0.6) is 0 Å². The number of aromatic nitrogens is 2. The number of carbonyl (C=O) groups is 1. The van der Waals surface area contributed by atoms with E-state index in [4.69, 9.17) is 16.1 Å². The Morgan fingerprint density at radius 3 is 2.57 bits per heavy atom. The maximum atomic E-state index is 12.2. The van der Waals surface area contributed by atoms with E-state index >= 15 is 0 Å². The van der Waals surface area contributed by atoms with Gasteiger partial charge in [-0.2, -0.15) is 4.98 Å². The molecule has 1 amide bonds. The molecular weight excluding hydrogens is 376 g/mol. The molecule has 144 valence electrons. The highest BCUT2D eigenvalue weighted by molar-refractivity contribution is 6.33. The lowest BCUT2D eigenvalue weighted by molar-refractivity contribution is -0.117. The van der Waals surface area contributed by atoms with E-state index in [2.05, 4.69) is 20.4 Å². The Labute approximate surface area is 168 Å². The molecule has 1 N–H and O–H groups in total. The molecule has 6 nitrogen and oxygen atoms in total. The molecule has 1 saturated heterocycles. The summed E-state index contributed by atoms with van der Waals surface area (Å²) in [5, 5.41) is 7.62. The normalized spacial score (nSPS) is 15.5. The maximum Gasteiger partial charge on any atom is 0.238 e. The Bertz CT molecular complexity index is 936. The van der Waals surface area contributed by atoms with Crippen LogP contribution in [0.1, 0.15) is 24.7 Å². The van der Waals surface area contributed by atoms with Crippen LogP contribution in [0.4, 0.5) is 5.69 Å². The average molecular weight is 397 g/mol. The summed E-state index contributed by atoms with van der Waals surface area (Å²) in [6, 6.07) is 17.0. The van der Waals surface area contributed by atoms with E-state index in [0.717, 1.165) is 37.2 Å². The molecule has 0 atom stereocenters. The van der Waals surface area contributed by atoms with E-state index < -0.39 is 0 Å². The molecule has 1 aromatic heterocycles. The summed E-state index contributed by atoms with van der Waals surface area (Å²) in [6.07, 6.45) is 1.76. The quantitative estimate of drug-likeness (QED) is 0.699. The minimum Gasteiger partial charge on any atom is -0.339 e. The fourth-order valence-electron chi connectivity index (χ4n) is 3.42. The third-order valence-electron chi connectivity index (χ3n) is 4.92. The van der Waals surface area contributed by atoms with Crippen LogP contribution in [0.25, 0.3) is 11.4 Å². The van der Waals surface area contributed by atoms with Gasteiger partial charge in [-0.3, -0.25) is 9.69 Å². The largest absolute Gasteiger partial charge is 0.339 e. The number of likely N-dealkylation sites (tertiary alicyclic amines) is 1. The smallest absolute Gasteiger partial charge is 0.238 e. The van der Waals surface area contributed by atoms with Crippen molar-refractivity contribution in [2.75, 3.05) is 25.0 Å². The van der Waals surface area contributed by atoms with E-state index in [1.165, 1.54) is 0 Å². The summed E-state index contributed by atoms with van der Waals surface area (Å²) in [4.78, 5) is 18.9. The number of halogens is 1. The molecule has 1 aliphatic rings. The van der Waals surface area contributed by atoms with Crippen molar-refractivity contribution in [1.82, 2.24) is 15.0 Å². The molecule has 4 rings (SSSR count). The number of anilines is 1. The van der Waals surface area contributed by atoms with Crippen molar-refractivity contribution in [2.45, 2.75) is 18.8 Å². The first-order valence-corrected chi connectivity index (χ1v) is 9.72. The Morgan fingerprint density at radius 2 is 1.82 bits per heavy atom. The van der Waals surface area contributed by atoms with Crippen molar-refractivity contribution in [1.29, 1.82) is 0 Å². The fourth-order valence-corrected chi connectivity index (χ4v) is 3.64. The molecule has 1 fully saturated rings. The van der Waals surface area contributed by atoms with Crippen LogP contribution in [0.3, 0.4) is 0 Å². The van der Waals surface area contributed by atoms with Crippen LogP contribution in [-0.2, 0) is 4.79 Å². The second kappa shape index (κ2) is 8.54. The Hall–Kier alpha value is -2.70. The average Bonchev–Trinajstić information content (AvgIpc) is 3.19. The highest BCUT2D eigenvalue weighted by atomic mass is 35.5. The molecule has 2 aromatic carbocycles. The van der Waals surface area contributed by atoms with Gasteiger partial charge in [-0.05, 0) is 50.2 Å². The first-order chi connectivity index (χ1) is 13.7. The molecule has 0 aliphatic carbocycles. The van der Waals surface area contributed by atoms with Gasteiger partial charge in [0.15, 0.2) is 0 Å². The third-order valence-corrected chi connectivity index (χ3v) is 5.25. The first kappa shape index (κ1) is 18.7. The maximum absolute atomic E-state index is 12.2. The lowest BCUT2D eigenvalue weighted by Gasteiger charge is -2.29. The Balaban J connectivity index is 1.31. The standard InChI is InChI=1S/C21H21ClN4O2/c22-18-9-5-4-8-17(18)20-24-21(28-25-20)15-10-12-26(13-11-15)14-19(27)23-16-6-2-1-3-7-16/h1-9,15H,10-14H2,(H,23,27). The molecule has 0 bridgehead atoms. The van der Waals surface area contributed by atoms with Crippen LogP contribution >= 0.6 is 11.6 Å². The van der Waals surface area contributed by atoms with Crippen molar-refractivity contribution in [3.8, 4) is 11.4 Å². The number of hydrogen-bond acceptors (Lipinski definition) is 5. The summed E-state index contributed by atoms with van der Waals surface area (Å²) in [7, 11) is 0. The number of benzene rings is 2. The van der Waals surface area contributed by atoms with Crippen molar-refractivity contribution < 1.29 is 9.32 Å². The van der Waals surface area contributed by atoms with Gasteiger partial charge in [0.05, 0.1) is 11.6 Å². The fraction of sp³-hybridized carbons (Fsp3) is 0.286. The molecule has 0 unspecified atom stereocenters. The second-order valence-corrected chi connectivity index (χ2v) is 7.31. The lowest BCUT2D eigenvalue weighted by Crippen LogP contribution is -2.38. The summed E-state index contributed by atoms with van der Waals surface area (Å²) in [6.45, 7) is 2.02. The highest BCUT2D eigenvalue weighted by Gasteiger charge is 2.26. The number of amides is 1. The number of rotatable bonds is 5. The van der Waals surface area contributed by atoms with Crippen molar-refractivity contribution in [2.24, 2.45) is 0 Å². The molecule has 3 aromatic rings. The minimum absolute atomic E-state index is 0.00319. The van der Waals surface area contributed by atoms with E-state index in [9.17, 15) is 4.79 Å². The van der Waals surface area contributed by atoms with Crippen molar-refractivity contribution >= 4 is 23.2 Å². The zero-order chi connectivity index (χ0) is 19.3. The summed E-state index contributed by atoms with van der Waals surface area (Å²) in [5.41, 5.74) is 1.59. The Kier molecular flexibility index (Phi) is 5.69. The zero-order valence-corrected chi connectivity index (χ0v) is 16.1. The number of piperidine rings is 1. The molecule has 0 radical (unpaired) electrons. The summed E-state index contributed by atoms with van der Waals surface area (Å²) < 4.78 is 5.49. The predicted octanol–water partition coefficient (Wildman–Crippen LogP) is 4.21. The van der Waals surface area contributed by atoms with Gasteiger partial charge in [0, 0.05) is 17.2 Å². The van der Waals surface area contributed by atoms with Crippen LogP contribution in [0.2, 0.25) is 5.02 Å². The van der Waals surface area contributed by atoms with E-state index in [1.54, 1.807) is 0 Å². The number of carbonyl (C=O) groups excluding carboxylic acids is 1. The first-order valence-electron chi connectivity index (χ1n) is 9.35. The number of hydrogen-bond donors (Lipinski definition) is 1. The molecule has 0 saturated carbocycles. The Morgan fingerprint density at radius 1 is 1.11 bits per heavy atom. The second-order valence-electron chi connectivity index (χ2n) is 6.90. The van der Waals surface area contributed by atoms with Crippen LogP contribution in [-0.4, -0.2) is 40.6 Å². The third kappa shape index (κ3) is 4.40. The van der Waals surface area contributed by atoms with Crippen molar-refractivity contribution in [3.63, 3.8) is 0 Å². The van der Waals surface area contributed by atoms with Gasteiger partial charge >= 0.3 is 0 Å². The molecule has 2 heterocycles. The predicted molar refractivity (Wildman–Crippen MR) is 108 cm³/mol. The van der Waals surface area contributed by atoms with Gasteiger partial charge in [0.1, 0.15) is 0 Å². The van der Waals surface area contributed by atoms with Gasteiger partial charge in [-0.15, -0.1) is 0 Å². The van der Waals surface area contributed by atoms with E-state index in [-0.39, 0.29) is 11.8 Å².